The van der Waals surface area contributed by atoms with Crippen molar-refractivity contribution in [2.24, 2.45) is 0 Å². The number of para-hydroxylation sites is 1. The third-order valence-electron chi connectivity index (χ3n) is 7.11. The molecule has 0 saturated carbocycles. The number of allylic oxidation sites excluding steroid dienone is 2. The molecule has 1 fully saturated rings. The zero-order chi connectivity index (χ0) is 23.5. The van der Waals surface area contributed by atoms with Crippen molar-refractivity contribution in [1.82, 2.24) is 14.8 Å². The lowest BCUT2D eigenvalue weighted by molar-refractivity contribution is -0.120. The largest absolute Gasteiger partial charge is 0.338 e. The molecule has 0 radical (unpaired) electrons. The van der Waals surface area contributed by atoms with Crippen LogP contribution >= 0.6 is 0 Å². The predicted molar refractivity (Wildman–Crippen MR) is 129 cm³/mol. The van der Waals surface area contributed by atoms with Gasteiger partial charge in [0, 0.05) is 68.1 Å². The van der Waals surface area contributed by atoms with Crippen molar-refractivity contribution in [1.29, 1.82) is 0 Å². The SMILES string of the molecule is O=C1CCN(C(=O)c2ccnc(CC3=CCCC(N4Cc5ccccc5NC4=O)CC3)c2)CC1. The number of piperidine rings is 1. The summed E-state index contributed by atoms with van der Waals surface area (Å²) in [5, 5.41) is 3.03. The number of nitrogens with one attached hydrogen (secondary N) is 1. The molecule has 176 valence electrons. The molecule has 1 N–H and O–H groups in total. The second kappa shape index (κ2) is 9.79. The molecule has 0 bridgehead atoms. The number of hydrogen-bond acceptors (Lipinski definition) is 4. The normalized spacial score (nSPS) is 20.8. The van der Waals surface area contributed by atoms with Crippen LogP contribution in [0, 0.1) is 0 Å². The highest BCUT2D eigenvalue weighted by atomic mass is 16.2. The van der Waals surface area contributed by atoms with Crippen LogP contribution in [0.3, 0.4) is 0 Å². The van der Waals surface area contributed by atoms with E-state index in [0.717, 1.165) is 42.6 Å². The maximum absolute atomic E-state index is 12.9. The standard InChI is InChI=1S/C27H30N4O3/c32-24-11-14-30(15-12-24)26(33)20-10-13-28-22(17-20)16-19-4-3-6-23(9-8-19)31-18-21-5-1-2-7-25(21)29-27(31)34/h1-2,4-5,7,10,13,17,23H,3,6,8-9,11-12,14-16,18H2,(H,29,34). The smallest absolute Gasteiger partial charge is 0.322 e. The van der Waals surface area contributed by atoms with Gasteiger partial charge in [-0.3, -0.25) is 14.6 Å². The molecular weight excluding hydrogens is 428 g/mol. The predicted octanol–water partition coefficient (Wildman–Crippen LogP) is 4.35. The zero-order valence-corrected chi connectivity index (χ0v) is 19.3. The molecule has 5 rings (SSSR count). The van der Waals surface area contributed by atoms with Gasteiger partial charge in [-0.05, 0) is 49.4 Å². The number of pyridine rings is 1. The number of likely N-dealkylation sites (tertiary alicyclic amines) is 1. The van der Waals surface area contributed by atoms with Gasteiger partial charge in [0.1, 0.15) is 5.78 Å². The van der Waals surface area contributed by atoms with Crippen LogP contribution in [0.15, 0.2) is 54.2 Å². The van der Waals surface area contributed by atoms with E-state index in [-0.39, 0.29) is 23.8 Å². The van der Waals surface area contributed by atoms with Gasteiger partial charge in [-0.1, -0.05) is 29.8 Å². The van der Waals surface area contributed by atoms with Crippen molar-refractivity contribution in [2.45, 2.75) is 57.5 Å². The monoisotopic (exact) mass is 458 g/mol. The Hall–Kier alpha value is -3.48. The number of nitrogens with zero attached hydrogens (tertiary/aromatic N) is 3. The second-order valence-electron chi connectivity index (χ2n) is 9.39. The number of ketones is 1. The molecule has 2 aromatic rings. The minimum absolute atomic E-state index is 0.0144. The van der Waals surface area contributed by atoms with E-state index < -0.39 is 0 Å². The highest BCUT2D eigenvalue weighted by Gasteiger charge is 2.29. The van der Waals surface area contributed by atoms with E-state index >= 15 is 0 Å². The van der Waals surface area contributed by atoms with E-state index in [4.69, 9.17) is 0 Å². The van der Waals surface area contributed by atoms with Gasteiger partial charge >= 0.3 is 6.03 Å². The lowest BCUT2D eigenvalue weighted by atomic mass is 10.0. The van der Waals surface area contributed by atoms with Crippen LogP contribution in [0.1, 0.15) is 60.1 Å². The number of hydrogen-bond donors (Lipinski definition) is 1. The van der Waals surface area contributed by atoms with Crippen molar-refractivity contribution in [3.05, 3.63) is 71.1 Å². The molecule has 3 heterocycles. The van der Waals surface area contributed by atoms with E-state index in [1.807, 2.05) is 29.2 Å². The van der Waals surface area contributed by atoms with Gasteiger partial charge in [0.05, 0.1) is 0 Å². The van der Waals surface area contributed by atoms with Crippen LogP contribution in [-0.4, -0.2) is 51.6 Å². The summed E-state index contributed by atoms with van der Waals surface area (Å²) in [6, 6.07) is 11.8. The van der Waals surface area contributed by atoms with Crippen LogP contribution in [0.4, 0.5) is 10.5 Å². The number of anilines is 1. The minimum atomic E-state index is -0.0255. The van der Waals surface area contributed by atoms with Gasteiger partial charge in [0.15, 0.2) is 0 Å². The molecule has 1 aliphatic carbocycles. The Morgan fingerprint density at radius 3 is 2.74 bits per heavy atom. The van der Waals surface area contributed by atoms with E-state index in [2.05, 4.69) is 22.4 Å². The Morgan fingerprint density at radius 1 is 1.06 bits per heavy atom. The fourth-order valence-electron chi connectivity index (χ4n) is 5.15. The summed E-state index contributed by atoms with van der Waals surface area (Å²) in [4.78, 5) is 45.3. The molecule has 1 aromatic carbocycles. The molecule has 34 heavy (non-hydrogen) atoms. The van der Waals surface area contributed by atoms with Gasteiger partial charge < -0.3 is 15.1 Å². The summed E-state index contributed by atoms with van der Waals surface area (Å²) in [7, 11) is 0. The summed E-state index contributed by atoms with van der Waals surface area (Å²) in [6.45, 7) is 1.64. The second-order valence-corrected chi connectivity index (χ2v) is 9.39. The summed E-state index contributed by atoms with van der Waals surface area (Å²) < 4.78 is 0. The number of benzene rings is 1. The number of aromatic nitrogens is 1. The first-order valence-electron chi connectivity index (χ1n) is 12.2. The Labute approximate surface area is 199 Å². The van der Waals surface area contributed by atoms with Gasteiger partial charge in [0.25, 0.3) is 5.91 Å². The van der Waals surface area contributed by atoms with Gasteiger partial charge in [0.2, 0.25) is 0 Å². The summed E-state index contributed by atoms with van der Waals surface area (Å²) >= 11 is 0. The van der Waals surface area contributed by atoms with E-state index in [1.54, 1.807) is 17.2 Å². The molecule has 2 aliphatic heterocycles. The Balaban J connectivity index is 1.20. The molecule has 1 saturated heterocycles. The number of amides is 3. The van der Waals surface area contributed by atoms with Crippen molar-refractivity contribution in [3.8, 4) is 0 Å². The van der Waals surface area contributed by atoms with Gasteiger partial charge in [-0.25, -0.2) is 4.79 Å². The first-order valence-corrected chi connectivity index (χ1v) is 12.2. The topological polar surface area (TPSA) is 82.6 Å². The maximum atomic E-state index is 12.9. The fraction of sp³-hybridized carbons (Fsp3) is 0.407. The molecule has 1 atom stereocenters. The zero-order valence-electron chi connectivity index (χ0n) is 19.3. The molecule has 0 spiro atoms. The van der Waals surface area contributed by atoms with E-state index in [0.29, 0.717) is 44.5 Å². The maximum Gasteiger partial charge on any atom is 0.322 e. The summed E-state index contributed by atoms with van der Waals surface area (Å²) in [5.74, 6) is 0.201. The third-order valence-corrected chi connectivity index (χ3v) is 7.11. The lowest BCUT2D eigenvalue weighted by Crippen LogP contribution is -2.45. The number of fused-ring (bicyclic) bond motifs is 1. The summed E-state index contributed by atoms with van der Waals surface area (Å²) in [5.41, 5.74) is 4.89. The lowest BCUT2D eigenvalue weighted by Gasteiger charge is -2.35. The van der Waals surface area contributed by atoms with E-state index in [9.17, 15) is 14.4 Å². The van der Waals surface area contributed by atoms with Crippen LogP contribution in [0.25, 0.3) is 0 Å². The molecule has 1 unspecified atom stereocenters. The molecule has 7 nitrogen and oxygen atoms in total. The highest BCUT2D eigenvalue weighted by Crippen LogP contribution is 2.30. The molecule has 3 amide bonds. The highest BCUT2D eigenvalue weighted by molar-refractivity contribution is 5.95. The van der Waals surface area contributed by atoms with Crippen LogP contribution in [0.2, 0.25) is 0 Å². The van der Waals surface area contributed by atoms with Crippen LogP contribution < -0.4 is 5.32 Å². The van der Waals surface area contributed by atoms with Gasteiger partial charge in [-0.2, -0.15) is 0 Å². The Bertz CT molecular complexity index is 1130. The number of urea groups is 1. The molecule has 1 aromatic heterocycles. The van der Waals surface area contributed by atoms with Crippen molar-refractivity contribution >= 4 is 23.4 Å². The quantitative estimate of drug-likeness (QED) is 0.691. The van der Waals surface area contributed by atoms with Crippen molar-refractivity contribution in [2.75, 3.05) is 18.4 Å². The molecular formula is C27H30N4O3. The van der Waals surface area contributed by atoms with Crippen molar-refractivity contribution < 1.29 is 14.4 Å². The Kier molecular flexibility index (Phi) is 6.43. The molecule has 3 aliphatic rings. The van der Waals surface area contributed by atoms with Crippen molar-refractivity contribution in [3.63, 3.8) is 0 Å². The first kappa shape index (κ1) is 22.3. The average molecular weight is 459 g/mol. The average Bonchev–Trinajstić information content (AvgIpc) is 3.09. The first-order chi connectivity index (χ1) is 16.6. The Morgan fingerprint density at radius 2 is 1.88 bits per heavy atom. The van der Waals surface area contributed by atoms with Crippen LogP contribution in [-0.2, 0) is 17.8 Å². The third kappa shape index (κ3) is 4.88. The van der Waals surface area contributed by atoms with Crippen LogP contribution in [0.5, 0.6) is 0 Å². The number of rotatable bonds is 4. The number of carbonyl (C=O) groups is 3. The van der Waals surface area contributed by atoms with Gasteiger partial charge in [-0.15, -0.1) is 0 Å². The number of carbonyl (C=O) groups excluding carboxylic acids is 3. The molecule has 7 heteroatoms. The minimum Gasteiger partial charge on any atom is -0.338 e. The van der Waals surface area contributed by atoms with E-state index in [1.165, 1.54) is 5.57 Å². The summed E-state index contributed by atoms with van der Waals surface area (Å²) in [6.07, 6.45) is 9.27. The number of Topliss-reactive ketones (excluding diaryl/α,β-unsaturated/α-hetero) is 1. The fourth-order valence-corrected chi connectivity index (χ4v) is 5.15.